The maximum absolute atomic E-state index is 13.7. The van der Waals surface area contributed by atoms with Gasteiger partial charge in [-0.05, 0) is 73.9 Å². The van der Waals surface area contributed by atoms with E-state index >= 15 is 0 Å². The van der Waals surface area contributed by atoms with Gasteiger partial charge < -0.3 is 14.5 Å². The average molecular weight is 573 g/mol. The first kappa shape index (κ1) is 25.6. The Morgan fingerprint density at radius 3 is 2.40 bits per heavy atom. The second-order valence-corrected chi connectivity index (χ2v) is 13.3. The Hall–Kier alpha value is -3.93. The molecule has 6 nitrogen and oxygen atoms in total. The molecule has 0 radical (unpaired) electrons. The number of carbonyl (C=O) groups excluding carboxylic acids is 2. The van der Waals surface area contributed by atoms with Crippen LogP contribution in [0.5, 0.6) is 11.5 Å². The average Bonchev–Trinajstić information content (AvgIpc) is 3.05. The van der Waals surface area contributed by atoms with Crippen molar-refractivity contribution in [3.63, 3.8) is 0 Å². The number of hydrogen-bond donors (Lipinski definition) is 0. The molecule has 3 aromatic rings. The van der Waals surface area contributed by atoms with Gasteiger partial charge in [-0.15, -0.1) is 0 Å². The number of aryl methyl sites for hydroxylation is 2. The van der Waals surface area contributed by atoms with Gasteiger partial charge in [0.2, 0.25) is 5.36 Å². The number of carbonyl (C=O) groups is 2. The largest absolute Gasteiger partial charge is 0.455 e. The summed E-state index contributed by atoms with van der Waals surface area (Å²) in [5.74, 6) is 2.36. The normalized spacial score (nSPS) is 20.1. The van der Waals surface area contributed by atoms with Crippen LogP contribution in [0.15, 0.2) is 36.4 Å². The van der Waals surface area contributed by atoms with Crippen LogP contribution in [0.1, 0.15) is 82.3 Å². The Labute approximate surface area is 252 Å². The summed E-state index contributed by atoms with van der Waals surface area (Å²) in [6, 6.07) is 13.1. The van der Waals surface area contributed by atoms with Crippen LogP contribution in [0.25, 0.3) is 5.57 Å². The highest BCUT2D eigenvalue weighted by Gasteiger charge is 2.36. The van der Waals surface area contributed by atoms with E-state index in [1.165, 1.54) is 62.5 Å². The number of fused-ring (bicyclic) bond motifs is 4. The van der Waals surface area contributed by atoms with Crippen LogP contribution in [0, 0.1) is 0 Å². The minimum atomic E-state index is 0.0230. The molecule has 3 aromatic carbocycles. The van der Waals surface area contributed by atoms with Gasteiger partial charge in [0, 0.05) is 90.6 Å². The molecule has 0 spiro atoms. The van der Waals surface area contributed by atoms with Crippen LogP contribution in [0.3, 0.4) is 0 Å². The Morgan fingerprint density at radius 2 is 1.53 bits per heavy atom. The van der Waals surface area contributed by atoms with Crippen molar-refractivity contribution >= 4 is 23.0 Å². The highest BCUT2D eigenvalue weighted by atomic mass is 16.5. The highest BCUT2D eigenvalue weighted by molar-refractivity contribution is 5.97. The summed E-state index contributed by atoms with van der Waals surface area (Å²) in [5.41, 5.74) is 11.3. The first-order valence-electron chi connectivity index (χ1n) is 16.5. The SMILES string of the molecule is O=C1CCN(C(=O)c2cccc(C3=c4cc5c6c(c4Oc4c3cc3c7c4CCCN7CCC3)CCC[N+]=6CCC5)c2)CC1. The summed E-state index contributed by atoms with van der Waals surface area (Å²) < 4.78 is 9.77. The van der Waals surface area contributed by atoms with Gasteiger partial charge in [0.15, 0.2) is 0 Å². The van der Waals surface area contributed by atoms with Crippen molar-refractivity contribution in [3.05, 3.63) is 85.9 Å². The van der Waals surface area contributed by atoms with Gasteiger partial charge in [0.05, 0.1) is 5.56 Å². The molecule has 6 aliphatic heterocycles. The van der Waals surface area contributed by atoms with Gasteiger partial charge in [-0.3, -0.25) is 9.59 Å². The number of hydrogen-bond acceptors (Lipinski definition) is 4. The van der Waals surface area contributed by atoms with Crippen molar-refractivity contribution in [2.45, 2.75) is 64.2 Å². The Balaban J connectivity index is 1.31. The molecule has 0 N–H and O–H groups in total. The summed E-state index contributed by atoms with van der Waals surface area (Å²) in [7, 11) is 0. The Kier molecular flexibility index (Phi) is 5.82. The molecule has 1 amide bonds. The minimum absolute atomic E-state index is 0.0230. The number of ether oxygens (including phenoxy) is 1. The molecule has 0 aliphatic carbocycles. The van der Waals surface area contributed by atoms with Crippen LogP contribution in [-0.2, 0) is 30.5 Å². The zero-order valence-corrected chi connectivity index (χ0v) is 24.8. The summed E-state index contributed by atoms with van der Waals surface area (Å²) in [4.78, 5) is 30.0. The Morgan fingerprint density at radius 1 is 0.767 bits per heavy atom. The summed E-state index contributed by atoms with van der Waals surface area (Å²) in [5, 5.41) is 2.62. The van der Waals surface area contributed by atoms with Crippen LogP contribution in [0.4, 0.5) is 5.69 Å². The van der Waals surface area contributed by atoms with Crippen LogP contribution < -0.4 is 24.8 Å². The first-order valence-corrected chi connectivity index (χ1v) is 16.5. The number of benzene rings is 3. The molecule has 1 fully saturated rings. The molecule has 0 saturated carbocycles. The van der Waals surface area contributed by atoms with Gasteiger partial charge in [-0.25, -0.2) is 4.58 Å². The van der Waals surface area contributed by atoms with Crippen LogP contribution in [0.2, 0.25) is 0 Å². The molecule has 1 saturated heterocycles. The van der Waals surface area contributed by atoms with E-state index in [0.717, 1.165) is 81.8 Å². The molecule has 43 heavy (non-hydrogen) atoms. The van der Waals surface area contributed by atoms with Gasteiger partial charge in [-0.1, -0.05) is 12.1 Å². The smallest absolute Gasteiger partial charge is 0.253 e. The second-order valence-electron chi connectivity index (χ2n) is 13.3. The quantitative estimate of drug-likeness (QED) is 0.342. The van der Waals surface area contributed by atoms with Crippen molar-refractivity contribution in [2.75, 3.05) is 44.2 Å². The lowest BCUT2D eigenvalue weighted by Gasteiger charge is -2.39. The summed E-state index contributed by atoms with van der Waals surface area (Å²) in [6.45, 7) is 5.54. The predicted octanol–water partition coefficient (Wildman–Crippen LogP) is 3.93. The number of amides is 1. The number of rotatable bonds is 2. The van der Waals surface area contributed by atoms with E-state index < -0.39 is 0 Å². The fourth-order valence-corrected chi connectivity index (χ4v) is 8.77. The molecule has 0 aromatic heterocycles. The van der Waals surface area contributed by atoms with E-state index in [9.17, 15) is 9.59 Å². The fraction of sp³-hybridized carbons (Fsp3) is 0.432. The van der Waals surface area contributed by atoms with E-state index in [1.807, 2.05) is 17.0 Å². The van der Waals surface area contributed by atoms with Gasteiger partial charge in [-0.2, -0.15) is 0 Å². The molecule has 0 atom stereocenters. The van der Waals surface area contributed by atoms with E-state index in [2.05, 4.69) is 33.7 Å². The number of Topliss-reactive ketones (excluding diaryl/α,β-unsaturated/α-hetero) is 1. The molecular weight excluding hydrogens is 534 g/mol. The molecule has 218 valence electrons. The number of ketones is 1. The van der Waals surface area contributed by atoms with Gasteiger partial charge in [0.25, 0.3) is 5.91 Å². The lowest BCUT2D eigenvalue weighted by molar-refractivity contribution is -0.120. The minimum Gasteiger partial charge on any atom is -0.455 e. The first-order chi connectivity index (χ1) is 21.1. The number of nitrogens with zero attached hydrogens (tertiary/aromatic N) is 3. The monoisotopic (exact) mass is 572 g/mol. The van der Waals surface area contributed by atoms with Crippen molar-refractivity contribution in [2.24, 2.45) is 0 Å². The molecule has 6 aliphatic rings. The highest BCUT2D eigenvalue weighted by Crippen LogP contribution is 2.48. The molecule has 9 rings (SSSR count). The van der Waals surface area contributed by atoms with Crippen molar-refractivity contribution in [3.8, 4) is 11.5 Å². The zero-order chi connectivity index (χ0) is 28.7. The number of anilines is 1. The fourth-order valence-electron chi connectivity index (χ4n) is 8.77. The standard InChI is InChI=1S/C37H38N3O3/c41-27-12-18-40(19-13-27)37(42)26-7-1-6-23(20-26)32-30-21-24-8-2-14-38-16-4-10-28(33(24)38)35(30)43-36-29-11-5-17-39-15-3-9-25(34(29)39)22-31(32)36/h1,6-7,20-22H,2-5,8-19H2/q+1. The second kappa shape index (κ2) is 9.80. The van der Waals surface area contributed by atoms with Crippen LogP contribution >= 0.6 is 0 Å². The lowest BCUT2D eigenvalue weighted by Crippen LogP contribution is -2.45. The lowest BCUT2D eigenvalue weighted by atomic mass is 9.82. The molecule has 6 heteroatoms. The topological polar surface area (TPSA) is 52.9 Å². The molecule has 6 heterocycles. The number of piperidine rings is 1. The third-order valence-electron chi connectivity index (χ3n) is 10.7. The third kappa shape index (κ3) is 3.94. The van der Waals surface area contributed by atoms with Gasteiger partial charge in [0.1, 0.15) is 30.4 Å². The molecular formula is C37H38N3O3+. The zero-order valence-electron chi connectivity index (χ0n) is 24.8. The van der Waals surface area contributed by atoms with Crippen molar-refractivity contribution in [1.29, 1.82) is 0 Å². The van der Waals surface area contributed by atoms with E-state index in [4.69, 9.17) is 4.74 Å². The van der Waals surface area contributed by atoms with Gasteiger partial charge >= 0.3 is 0 Å². The third-order valence-corrected chi connectivity index (χ3v) is 10.7. The van der Waals surface area contributed by atoms with Crippen LogP contribution in [-0.4, -0.2) is 55.9 Å². The van der Waals surface area contributed by atoms with Crippen molar-refractivity contribution < 1.29 is 14.3 Å². The molecule has 0 unspecified atom stereocenters. The molecule has 0 bridgehead atoms. The van der Waals surface area contributed by atoms with E-state index in [1.54, 1.807) is 0 Å². The maximum Gasteiger partial charge on any atom is 0.253 e. The predicted molar refractivity (Wildman–Crippen MR) is 167 cm³/mol. The van der Waals surface area contributed by atoms with E-state index in [0.29, 0.717) is 31.5 Å². The van der Waals surface area contributed by atoms with Crippen molar-refractivity contribution in [1.82, 2.24) is 9.48 Å². The van der Waals surface area contributed by atoms with E-state index in [-0.39, 0.29) is 11.7 Å². The number of likely N-dealkylation sites (tertiary alicyclic amines) is 1. The summed E-state index contributed by atoms with van der Waals surface area (Å²) in [6.07, 6.45) is 9.89. The maximum atomic E-state index is 13.7. The summed E-state index contributed by atoms with van der Waals surface area (Å²) >= 11 is 0. The Bertz CT molecular complexity index is 1860.